The van der Waals surface area contributed by atoms with Crippen LogP contribution >= 0.6 is 0 Å². The molecule has 0 aromatic carbocycles. The smallest absolute Gasteiger partial charge is 0.176 e. The first-order valence-corrected chi connectivity index (χ1v) is 3.04. The Morgan fingerprint density at radius 1 is 1.45 bits per heavy atom. The van der Waals surface area contributed by atoms with Crippen LogP contribution in [0.3, 0.4) is 0 Å². The predicted molar refractivity (Wildman–Crippen MR) is 38.6 cm³/mol. The number of hydrogen-bond acceptors (Lipinski definition) is 5. The van der Waals surface area contributed by atoms with E-state index in [2.05, 4.69) is 20.6 Å². The van der Waals surface area contributed by atoms with Crippen LogP contribution < -0.4 is 11.3 Å². The molecular weight excluding hydrogens is 144 g/mol. The number of rotatable bonds is 1. The van der Waals surface area contributed by atoms with E-state index >= 15 is 0 Å². The summed E-state index contributed by atoms with van der Waals surface area (Å²) in [6.07, 6.45) is 1.43. The summed E-state index contributed by atoms with van der Waals surface area (Å²) in [6.45, 7) is 0. The number of aromatic nitrogens is 4. The number of fused-ring (bicyclic) bond motifs is 1. The summed E-state index contributed by atoms with van der Waals surface area (Å²) in [6, 6.07) is 3.50. The second-order valence-electron chi connectivity index (χ2n) is 1.97. The Hall–Kier alpha value is -1.69. The van der Waals surface area contributed by atoms with Gasteiger partial charge in [-0.2, -0.15) is 0 Å². The zero-order valence-corrected chi connectivity index (χ0v) is 5.60. The summed E-state index contributed by atoms with van der Waals surface area (Å²) < 4.78 is 1.40. The number of nitrogens with zero attached hydrogens (tertiary/aromatic N) is 4. The normalized spacial score (nSPS) is 10.3. The standard InChI is InChI=1S/C5H6N6/c6-9-4-1-2-5-7-3-8-11(5)10-4/h1-3H,6H2,(H,9,10). The van der Waals surface area contributed by atoms with Gasteiger partial charge in [0.05, 0.1) is 0 Å². The lowest BCUT2D eigenvalue weighted by Gasteiger charge is -1.96. The molecule has 0 radical (unpaired) electrons. The maximum absolute atomic E-state index is 5.14. The van der Waals surface area contributed by atoms with Crippen molar-refractivity contribution in [1.29, 1.82) is 0 Å². The van der Waals surface area contributed by atoms with Crippen molar-refractivity contribution in [2.45, 2.75) is 0 Å². The van der Waals surface area contributed by atoms with E-state index in [4.69, 9.17) is 5.84 Å². The molecule has 11 heavy (non-hydrogen) atoms. The fraction of sp³-hybridized carbons (Fsp3) is 0. The van der Waals surface area contributed by atoms with Crippen molar-refractivity contribution in [2.24, 2.45) is 5.84 Å². The maximum atomic E-state index is 5.14. The second-order valence-corrected chi connectivity index (χ2v) is 1.97. The van der Waals surface area contributed by atoms with Gasteiger partial charge in [0.1, 0.15) is 6.33 Å². The van der Waals surface area contributed by atoms with Gasteiger partial charge < -0.3 is 5.43 Å². The van der Waals surface area contributed by atoms with Gasteiger partial charge >= 0.3 is 0 Å². The number of anilines is 1. The fourth-order valence-electron chi connectivity index (χ4n) is 0.797. The van der Waals surface area contributed by atoms with Crippen molar-refractivity contribution in [2.75, 3.05) is 5.43 Å². The SMILES string of the molecule is NNc1ccc2ncnn2n1. The molecule has 56 valence electrons. The minimum Gasteiger partial charge on any atom is -0.307 e. The van der Waals surface area contributed by atoms with Gasteiger partial charge in [-0.1, -0.05) is 0 Å². The van der Waals surface area contributed by atoms with Gasteiger partial charge in [-0.3, -0.25) is 0 Å². The predicted octanol–water partition coefficient (Wildman–Crippen LogP) is -0.590. The van der Waals surface area contributed by atoms with Crippen molar-refractivity contribution in [1.82, 2.24) is 19.8 Å². The maximum Gasteiger partial charge on any atom is 0.176 e. The molecule has 0 amide bonds. The van der Waals surface area contributed by atoms with E-state index in [0.717, 1.165) is 0 Å². The molecule has 2 rings (SSSR count). The largest absolute Gasteiger partial charge is 0.307 e. The number of hydrogen-bond donors (Lipinski definition) is 2. The van der Waals surface area contributed by atoms with E-state index in [1.54, 1.807) is 12.1 Å². The molecule has 0 aliphatic heterocycles. The van der Waals surface area contributed by atoms with Crippen LogP contribution in [-0.4, -0.2) is 19.8 Å². The lowest BCUT2D eigenvalue weighted by Crippen LogP contribution is -2.10. The van der Waals surface area contributed by atoms with E-state index in [0.29, 0.717) is 11.5 Å². The summed E-state index contributed by atoms with van der Waals surface area (Å²) in [4.78, 5) is 3.91. The highest BCUT2D eigenvalue weighted by molar-refractivity contribution is 5.41. The van der Waals surface area contributed by atoms with Crippen LogP contribution in [0.4, 0.5) is 5.82 Å². The molecule has 0 aliphatic rings. The zero-order valence-electron chi connectivity index (χ0n) is 5.60. The van der Waals surface area contributed by atoms with Crippen molar-refractivity contribution in [3.8, 4) is 0 Å². The highest BCUT2D eigenvalue weighted by atomic mass is 15.5. The summed E-state index contributed by atoms with van der Waals surface area (Å²) >= 11 is 0. The minimum atomic E-state index is 0.558. The molecule has 3 N–H and O–H groups in total. The molecular formula is C5H6N6. The van der Waals surface area contributed by atoms with Crippen molar-refractivity contribution in [3.05, 3.63) is 18.5 Å². The van der Waals surface area contributed by atoms with E-state index in [1.807, 2.05) is 0 Å². The number of nitrogen functional groups attached to an aromatic ring is 1. The summed E-state index contributed by atoms with van der Waals surface area (Å²) in [7, 11) is 0. The van der Waals surface area contributed by atoms with Gasteiger partial charge in [0.2, 0.25) is 0 Å². The molecule has 2 aromatic rings. The average Bonchev–Trinajstić information content (AvgIpc) is 2.50. The van der Waals surface area contributed by atoms with Crippen LogP contribution in [0.25, 0.3) is 5.65 Å². The quantitative estimate of drug-likeness (QED) is 0.419. The lowest BCUT2D eigenvalue weighted by molar-refractivity contribution is 0.801. The lowest BCUT2D eigenvalue weighted by atomic mass is 10.5. The van der Waals surface area contributed by atoms with Gasteiger partial charge in [0, 0.05) is 0 Å². The number of nitrogens with one attached hydrogen (secondary N) is 1. The van der Waals surface area contributed by atoms with Crippen LogP contribution in [0.2, 0.25) is 0 Å². The Morgan fingerprint density at radius 2 is 2.36 bits per heavy atom. The zero-order chi connectivity index (χ0) is 7.68. The average molecular weight is 150 g/mol. The van der Waals surface area contributed by atoms with Crippen molar-refractivity contribution in [3.63, 3.8) is 0 Å². The molecule has 0 saturated heterocycles. The molecule has 2 heterocycles. The molecule has 0 unspecified atom stereocenters. The Kier molecular flexibility index (Phi) is 1.19. The molecule has 0 aliphatic carbocycles. The molecule has 2 aromatic heterocycles. The van der Waals surface area contributed by atoms with Gasteiger partial charge in [-0.05, 0) is 12.1 Å². The second kappa shape index (κ2) is 2.17. The molecule has 0 saturated carbocycles. The Morgan fingerprint density at radius 3 is 3.18 bits per heavy atom. The first-order valence-electron chi connectivity index (χ1n) is 3.04. The van der Waals surface area contributed by atoms with Gasteiger partial charge in [0.15, 0.2) is 11.5 Å². The monoisotopic (exact) mass is 150 g/mol. The fourth-order valence-corrected chi connectivity index (χ4v) is 0.797. The third-order valence-electron chi connectivity index (χ3n) is 1.30. The van der Waals surface area contributed by atoms with E-state index < -0.39 is 0 Å². The molecule has 0 atom stereocenters. The van der Waals surface area contributed by atoms with Crippen LogP contribution in [-0.2, 0) is 0 Å². The summed E-state index contributed by atoms with van der Waals surface area (Å²) in [5.41, 5.74) is 3.11. The van der Waals surface area contributed by atoms with Crippen LogP contribution in [0.15, 0.2) is 18.5 Å². The van der Waals surface area contributed by atoms with Crippen LogP contribution in [0.5, 0.6) is 0 Å². The van der Waals surface area contributed by atoms with Gasteiger partial charge in [-0.15, -0.1) is 14.8 Å². The third-order valence-corrected chi connectivity index (χ3v) is 1.30. The van der Waals surface area contributed by atoms with Crippen LogP contribution in [0.1, 0.15) is 0 Å². The molecule has 0 spiro atoms. The Labute approximate surface area is 62.0 Å². The molecule has 6 nitrogen and oxygen atoms in total. The van der Waals surface area contributed by atoms with Gasteiger partial charge in [0.25, 0.3) is 0 Å². The Balaban J connectivity index is 2.67. The molecule has 0 fully saturated rings. The molecule has 0 bridgehead atoms. The first kappa shape index (κ1) is 6.05. The van der Waals surface area contributed by atoms with Gasteiger partial charge in [-0.25, -0.2) is 10.8 Å². The Bertz CT molecular complexity index is 366. The topological polar surface area (TPSA) is 81.1 Å². The minimum absolute atomic E-state index is 0.558. The van der Waals surface area contributed by atoms with Crippen LogP contribution in [0, 0.1) is 0 Å². The number of hydrazine groups is 1. The highest BCUT2D eigenvalue weighted by Crippen LogP contribution is 2.00. The first-order chi connectivity index (χ1) is 5.40. The van der Waals surface area contributed by atoms with Crippen molar-refractivity contribution < 1.29 is 0 Å². The molecule has 6 heteroatoms. The van der Waals surface area contributed by atoms with E-state index in [1.165, 1.54) is 11.0 Å². The number of nitrogens with two attached hydrogens (primary N) is 1. The van der Waals surface area contributed by atoms with Crippen molar-refractivity contribution >= 4 is 11.5 Å². The summed E-state index contributed by atoms with van der Waals surface area (Å²) in [5.74, 6) is 5.69. The highest BCUT2D eigenvalue weighted by Gasteiger charge is 1.95. The summed E-state index contributed by atoms with van der Waals surface area (Å²) in [5, 5.41) is 7.79. The third kappa shape index (κ3) is 0.887. The van der Waals surface area contributed by atoms with E-state index in [-0.39, 0.29) is 0 Å². The van der Waals surface area contributed by atoms with E-state index in [9.17, 15) is 0 Å².